The molecule has 0 radical (unpaired) electrons. The summed E-state index contributed by atoms with van der Waals surface area (Å²) in [4.78, 5) is 14.4. The summed E-state index contributed by atoms with van der Waals surface area (Å²) in [5.41, 5.74) is 0.738. The Balaban J connectivity index is 2.02. The third-order valence-corrected chi connectivity index (χ3v) is 3.97. The number of ether oxygens (including phenoxy) is 1. The number of hydrogen-bond donors (Lipinski definition) is 0. The van der Waals surface area contributed by atoms with Crippen LogP contribution in [-0.4, -0.2) is 37.4 Å². The molecule has 0 aliphatic carbocycles. The van der Waals surface area contributed by atoms with E-state index in [1.807, 2.05) is 18.2 Å². The van der Waals surface area contributed by atoms with E-state index < -0.39 is 0 Å². The SMILES string of the molecule is COc1ccc(C(=O)CN2CCC(C)C2)cc1Br. The number of ketones is 1. The van der Waals surface area contributed by atoms with Crippen LogP contribution in [0.15, 0.2) is 22.7 Å². The minimum Gasteiger partial charge on any atom is -0.496 e. The Hall–Kier alpha value is -0.870. The average molecular weight is 312 g/mol. The molecule has 1 heterocycles. The minimum absolute atomic E-state index is 0.174. The van der Waals surface area contributed by atoms with E-state index in [2.05, 4.69) is 27.8 Å². The quantitative estimate of drug-likeness (QED) is 0.801. The summed E-state index contributed by atoms with van der Waals surface area (Å²) in [6, 6.07) is 5.48. The molecule has 1 fully saturated rings. The van der Waals surface area contributed by atoms with Crippen LogP contribution in [-0.2, 0) is 0 Å². The lowest BCUT2D eigenvalue weighted by Gasteiger charge is -2.14. The van der Waals surface area contributed by atoms with E-state index in [4.69, 9.17) is 4.74 Å². The molecule has 1 atom stereocenters. The summed E-state index contributed by atoms with van der Waals surface area (Å²) in [5.74, 6) is 1.63. The maximum atomic E-state index is 12.2. The number of nitrogens with zero attached hydrogens (tertiary/aromatic N) is 1. The Morgan fingerprint density at radius 2 is 2.33 bits per heavy atom. The van der Waals surface area contributed by atoms with Gasteiger partial charge in [0, 0.05) is 12.1 Å². The first-order chi connectivity index (χ1) is 8.60. The first-order valence-electron chi connectivity index (χ1n) is 6.19. The van der Waals surface area contributed by atoms with Gasteiger partial charge in [0.2, 0.25) is 0 Å². The van der Waals surface area contributed by atoms with Gasteiger partial charge in [-0.1, -0.05) is 6.92 Å². The number of halogens is 1. The van der Waals surface area contributed by atoms with E-state index in [9.17, 15) is 4.79 Å². The van der Waals surface area contributed by atoms with Gasteiger partial charge in [-0.3, -0.25) is 9.69 Å². The molecule has 1 saturated heterocycles. The van der Waals surface area contributed by atoms with Gasteiger partial charge in [0.1, 0.15) is 5.75 Å². The summed E-state index contributed by atoms with van der Waals surface area (Å²) in [5, 5.41) is 0. The van der Waals surface area contributed by atoms with Crippen molar-refractivity contribution in [3.8, 4) is 5.75 Å². The van der Waals surface area contributed by atoms with Crippen LogP contribution >= 0.6 is 15.9 Å². The van der Waals surface area contributed by atoms with Crippen molar-refractivity contribution >= 4 is 21.7 Å². The van der Waals surface area contributed by atoms with Crippen LogP contribution in [0.1, 0.15) is 23.7 Å². The van der Waals surface area contributed by atoms with Crippen molar-refractivity contribution in [3.05, 3.63) is 28.2 Å². The fraction of sp³-hybridized carbons (Fsp3) is 0.500. The first-order valence-corrected chi connectivity index (χ1v) is 6.98. The zero-order chi connectivity index (χ0) is 13.1. The molecular weight excluding hydrogens is 294 g/mol. The van der Waals surface area contributed by atoms with Crippen molar-refractivity contribution in [1.82, 2.24) is 4.90 Å². The highest BCUT2D eigenvalue weighted by molar-refractivity contribution is 9.10. The average Bonchev–Trinajstić information content (AvgIpc) is 2.74. The number of benzene rings is 1. The molecule has 0 N–H and O–H groups in total. The summed E-state index contributed by atoms with van der Waals surface area (Å²) in [6.07, 6.45) is 1.19. The highest BCUT2D eigenvalue weighted by Crippen LogP contribution is 2.26. The largest absolute Gasteiger partial charge is 0.496 e. The molecule has 0 aromatic heterocycles. The molecule has 4 heteroatoms. The number of likely N-dealkylation sites (tertiary alicyclic amines) is 1. The Morgan fingerprint density at radius 1 is 1.56 bits per heavy atom. The lowest BCUT2D eigenvalue weighted by molar-refractivity contribution is 0.0943. The normalized spacial score (nSPS) is 20.1. The molecule has 1 aliphatic heterocycles. The molecule has 1 aromatic carbocycles. The predicted molar refractivity (Wildman–Crippen MR) is 75.2 cm³/mol. The van der Waals surface area contributed by atoms with E-state index in [-0.39, 0.29) is 5.78 Å². The monoisotopic (exact) mass is 311 g/mol. The van der Waals surface area contributed by atoms with Gasteiger partial charge in [0.05, 0.1) is 18.1 Å². The number of methoxy groups -OCH3 is 1. The van der Waals surface area contributed by atoms with Gasteiger partial charge in [0.25, 0.3) is 0 Å². The van der Waals surface area contributed by atoms with Crippen molar-refractivity contribution in [3.63, 3.8) is 0 Å². The van der Waals surface area contributed by atoms with Crippen molar-refractivity contribution < 1.29 is 9.53 Å². The van der Waals surface area contributed by atoms with E-state index in [1.165, 1.54) is 6.42 Å². The van der Waals surface area contributed by atoms with Gasteiger partial charge in [-0.15, -0.1) is 0 Å². The fourth-order valence-electron chi connectivity index (χ4n) is 2.30. The summed E-state index contributed by atoms with van der Waals surface area (Å²) >= 11 is 3.41. The molecule has 0 saturated carbocycles. The number of hydrogen-bond acceptors (Lipinski definition) is 3. The molecule has 98 valence electrons. The van der Waals surface area contributed by atoms with E-state index in [1.54, 1.807) is 7.11 Å². The van der Waals surface area contributed by atoms with E-state index in [0.717, 1.165) is 28.9 Å². The van der Waals surface area contributed by atoms with Crippen LogP contribution in [0.3, 0.4) is 0 Å². The van der Waals surface area contributed by atoms with Gasteiger partial charge >= 0.3 is 0 Å². The zero-order valence-electron chi connectivity index (χ0n) is 10.8. The van der Waals surface area contributed by atoms with Crippen LogP contribution in [0.4, 0.5) is 0 Å². The van der Waals surface area contributed by atoms with Crippen LogP contribution in [0.25, 0.3) is 0 Å². The minimum atomic E-state index is 0.174. The topological polar surface area (TPSA) is 29.5 Å². The molecule has 1 aliphatic rings. The number of Topliss-reactive ketones (excluding diaryl/α,β-unsaturated/α-hetero) is 1. The molecule has 0 amide bonds. The summed E-state index contributed by atoms with van der Waals surface area (Å²) in [6.45, 7) is 4.81. The second kappa shape index (κ2) is 5.85. The third kappa shape index (κ3) is 3.12. The smallest absolute Gasteiger partial charge is 0.176 e. The van der Waals surface area contributed by atoms with Gasteiger partial charge in [0.15, 0.2) is 5.78 Å². The van der Waals surface area contributed by atoms with Crippen LogP contribution in [0, 0.1) is 5.92 Å². The Bertz CT molecular complexity index is 447. The first kappa shape index (κ1) is 13.6. The zero-order valence-corrected chi connectivity index (χ0v) is 12.4. The molecule has 0 spiro atoms. The standard InChI is InChI=1S/C14H18BrNO2/c1-10-5-6-16(8-10)9-13(17)11-3-4-14(18-2)12(15)7-11/h3-4,7,10H,5-6,8-9H2,1-2H3. The summed E-state index contributed by atoms with van der Waals surface area (Å²) < 4.78 is 5.98. The second-order valence-electron chi connectivity index (χ2n) is 4.90. The van der Waals surface area contributed by atoms with Crippen molar-refractivity contribution in [2.45, 2.75) is 13.3 Å². The van der Waals surface area contributed by atoms with E-state index in [0.29, 0.717) is 12.5 Å². The van der Waals surface area contributed by atoms with Crippen LogP contribution in [0.5, 0.6) is 5.75 Å². The van der Waals surface area contributed by atoms with Gasteiger partial charge in [-0.05, 0) is 53.0 Å². The lowest BCUT2D eigenvalue weighted by Crippen LogP contribution is -2.27. The third-order valence-electron chi connectivity index (χ3n) is 3.35. The second-order valence-corrected chi connectivity index (χ2v) is 5.76. The van der Waals surface area contributed by atoms with Crippen LogP contribution in [0.2, 0.25) is 0 Å². The van der Waals surface area contributed by atoms with Crippen LogP contribution < -0.4 is 4.74 Å². The highest BCUT2D eigenvalue weighted by atomic mass is 79.9. The lowest BCUT2D eigenvalue weighted by atomic mass is 10.1. The van der Waals surface area contributed by atoms with Crippen molar-refractivity contribution in [2.75, 3.05) is 26.7 Å². The maximum absolute atomic E-state index is 12.2. The highest BCUT2D eigenvalue weighted by Gasteiger charge is 2.21. The number of carbonyl (C=O) groups excluding carboxylic acids is 1. The fourth-order valence-corrected chi connectivity index (χ4v) is 2.84. The van der Waals surface area contributed by atoms with Gasteiger partial charge in [-0.2, -0.15) is 0 Å². The molecule has 3 nitrogen and oxygen atoms in total. The van der Waals surface area contributed by atoms with Gasteiger partial charge < -0.3 is 4.74 Å². The number of rotatable bonds is 4. The predicted octanol–water partition coefficient (Wildman–Crippen LogP) is 2.98. The Morgan fingerprint density at radius 3 is 2.89 bits per heavy atom. The van der Waals surface area contributed by atoms with Crippen molar-refractivity contribution in [2.24, 2.45) is 5.92 Å². The number of carbonyl (C=O) groups is 1. The molecule has 2 rings (SSSR count). The maximum Gasteiger partial charge on any atom is 0.176 e. The van der Waals surface area contributed by atoms with Crippen molar-refractivity contribution in [1.29, 1.82) is 0 Å². The molecule has 18 heavy (non-hydrogen) atoms. The molecule has 1 aromatic rings. The molecule has 0 bridgehead atoms. The molecule has 1 unspecified atom stereocenters. The van der Waals surface area contributed by atoms with Gasteiger partial charge in [-0.25, -0.2) is 0 Å². The Labute approximate surface area is 116 Å². The Kier molecular flexibility index (Phi) is 4.40. The molecular formula is C14H18BrNO2. The van der Waals surface area contributed by atoms with E-state index >= 15 is 0 Å². The summed E-state index contributed by atoms with van der Waals surface area (Å²) in [7, 11) is 1.62.